The van der Waals surface area contributed by atoms with Gasteiger partial charge in [0.15, 0.2) is 0 Å². The second-order valence-electron chi connectivity index (χ2n) is 4.13. The molecule has 0 radical (unpaired) electrons. The third-order valence-corrected chi connectivity index (χ3v) is 2.59. The van der Waals surface area contributed by atoms with Gasteiger partial charge < -0.3 is 5.32 Å². The highest BCUT2D eigenvalue weighted by atomic mass is 35.5. The van der Waals surface area contributed by atoms with Gasteiger partial charge in [-0.3, -0.25) is 0 Å². The fourth-order valence-corrected chi connectivity index (χ4v) is 1.83. The smallest absolute Gasteiger partial charge is 0.0226 e. The van der Waals surface area contributed by atoms with Crippen LogP contribution in [0.15, 0.2) is 0 Å². The molecule has 0 aliphatic carbocycles. The highest BCUT2D eigenvalue weighted by molar-refractivity contribution is 6.17. The molecular formula is C11H24ClN. The monoisotopic (exact) mass is 205 g/mol. The van der Waals surface area contributed by atoms with Crippen LogP contribution in [0.2, 0.25) is 0 Å². The summed E-state index contributed by atoms with van der Waals surface area (Å²) in [7, 11) is 0. The summed E-state index contributed by atoms with van der Waals surface area (Å²) in [5, 5.41) is 3.50. The highest BCUT2D eigenvalue weighted by Gasteiger charge is 2.02. The summed E-state index contributed by atoms with van der Waals surface area (Å²) >= 11 is 5.66. The van der Waals surface area contributed by atoms with Crippen molar-refractivity contribution in [1.29, 1.82) is 0 Å². The predicted octanol–water partition coefficient (Wildman–Crippen LogP) is 3.28. The first-order valence-electron chi connectivity index (χ1n) is 5.47. The number of halogens is 1. The van der Waals surface area contributed by atoms with Gasteiger partial charge in [0.1, 0.15) is 0 Å². The van der Waals surface area contributed by atoms with Crippen molar-refractivity contribution in [2.24, 2.45) is 11.8 Å². The van der Waals surface area contributed by atoms with Crippen molar-refractivity contribution in [1.82, 2.24) is 5.32 Å². The van der Waals surface area contributed by atoms with Crippen molar-refractivity contribution >= 4 is 11.6 Å². The second kappa shape index (κ2) is 8.83. The third kappa shape index (κ3) is 8.58. The first kappa shape index (κ1) is 13.2. The van der Waals surface area contributed by atoms with E-state index in [1.807, 2.05) is 0 Å². The van der Waals surface area contributed by atoms with Crippen LogP contribution in [0.25, 0.3) is 0 Å². The van der Waals surface area contributed by atoms with E-state index in [1.54, 1.807) is 0 Å². The molecule has 0 spiro atoms. The lowest BCUT2D eigenvalue weighted by Gasteiger charge is -2.14. The Kier molecular flexibility index (Phi) is 9.00. The molecule has 0 saturated heterocycles. The van der Waals surface area contributed by atoms with Crippen LogP contribution in [0.3, 0.4) is 0 Å². The summed E-state index contributed by atoms with van der Waals surface area (Å²) < 4.78 is 0. The Balaban J connectivity index is 3.23. The Bertz CT molecular complexity index is 94.3. The molecule has 1 N–H and O–H groups in total. The number of hydrogen-bond donors (Lipinski definition) is 1. The van der Waals surface area contributed by atoms with Crippen LogP contribution >= 0.6 is 11.6 Å². The average Bonchev–Trinajstić information content (AvgIpc) is 2.05. The minimum absolute atomic E-state index is 0.714. The van der Waals surface area contributed by atoms with Gasteiger partial charge in [-0.05, 0) is 37.8 Å². The average molecular weight is 206 g/mol. The van der Waals surface area contributed by atoms with Gasteiger partial charge in [0.25, 0.3) is 0 Å². The van der Waals surface area contributed by atoms with Gasteiger partial charge in [0.2, 0.25) is 0 Å². The van der Waals surface area contributed by atoms with Crippen molar-refractivity contribution in [2.75, 3.05) is 19.0 Å². The number of nitrogens with one attached hydrogen (secondary N) is 1. The molecule has 2 heteroatoms. The van der Waals surface area contributed by atoms with Gasteiger partial charge in [-0.25, -0.2) is 0 Å². The SMILES string of the molecule is CCCC(C)CNCC(C)CCCl. The van der Waals surface area contributed by atoms with Crippen LogP contribution in [-0.2, 0) is 0 Å². The molecule has 0 aliphatic heterocycles. The molecule has 2 unspecified atom stereocenters. The molecule has 0 bridgehead atoms. The standard InChI is InChI=1S/C11H24ClN/c1-4-5-10(2)8-13-9-11(3)6-7-12/h10-11,13H,4-9H2,1-3H3. The number of alkyl halides is 1. The third-order valence-electron chi connectivity index (χ3n) is 2.37. The maximum atomic E-state index is 5.66. The normalized spacial score (nSPS) is 15.7. The summed E-state index contributed by atoms with van der Waals surface area (Å²) in [5.74, 6) is 2.31. The van der Waals surface area contributed by atoms with Crippen molar-refractivity contribution in [3.05, 3.63) is 0 Å². The summed E-state index contributed by atoms with van der Waals surface area (Å²) in [4.78, 5) is 0. The second-order valence-corrected chi connectivity index (χ2v) is 4.51. The predicted molar refractivity (Wildman–Crippen MR) is 61.4 cm³/mol. The summed E-state index contributed by atoms with van der Waals surface area (Å²) in [5.41, 5.74) is 0. The summed E-state index contributed by atoms with van der Waals surface area (Å²) in [6.45, 7) is 9.07. The van der Waals surface area contributed by atoms with Crippen molar-refractivity contribution in [3.63, 3.8) is 0 Å². The maximum absolute atomic E-state index is 5.66. The zero-order chi connectivity index (χ0) is 10.1. The van der Waals surface area contributed by atoms with E-state index < -0.39 is 0 Å². The summed E-state index contributed by atoms with van der Waals surface area (Å²) in [6, 6.07) is 0. The van der Waals surface area contributed by atoms with Gasteiger partial charge in [0.05, 0.1) is 0 Å². The first-order chi connectivity index (χ1) is 6.20. The van der Waals surface area contributed by atoms with Crippen LogP contribution in [-0.4, -0.2) is 19.0 Å². The van der Waals surface area contributed by atoms with E-state index in [0.717, 1.165) is 31.3 Å². The van der Waals surface area contributed by atoms with E-state index in [4.69, 9.17) is 11.6 Å². The lowest BCUT2D eigenvalue weighted by molar-refractivity contribution is 0.434. The molecule has 0 rings (SSSR count). The van der Waals surface area contributed by atoms with Crippen LogP contribution in [0.4, 0.5) is 0 Å². The van der Waals surface area contributed by atoms with Crippen LogP contribution in [0.1, 0.15) is 40.0 Å². The van der Waals surface area contributed by atoms with E-state index in [1.165, 1.54) is 12.8 Å². The highest BCUT2D eigenvalue weighted by Crippen LogP contribution is 2.04. The summed E-state index contributed by atoms with van der Waals surface area (Å²) in [6.07, 6.45) is 3.74. The van der Waals surface area contributed by atoms with Gasteiger partial charge >= 0.3 is 0 Å². The van der Waals surface area contributed by atoms with E-state index >= 15 is 0 Å². The fraction of sp³-hybridized carbons (Fsp3) is 1.00. The zero-order valence-corrected chi connectivity index (χ0v) is 10.0. The van der Waals surface area contributed by atoms with Crippen LogP contribution < -0.4 is 5.32 Å². The molecule has 0 heterocycles. The van der Waals surface area contributed by atoms with Crippen molar-refractivity contribution < 1.29 is 0 Å². The molecule has 0 aromatic rings. The molecule has 0 aromatic heterocycles. The van der Waals surface area contributed by atoms with Gasteiger partial charge in [0, 0.05) is 5.88 Å². The Morgan fingerprint density at radius 1 is 1.08 bits per heavy atom. The quantitative estimate of drug-likeness (QED) is 0.600. The lowest BCUT2D eigenvalue weighted by atomic mass is 10.1. The molecule has 0 saturated carbocycles. The molecule has 0 amide bonds. The Labute approximate surface area is 88.2 Å². The van der Waals surface area contributed by atoms with Crippen molar-refractivity contribution in [2.45, 2.75) is 40.0 Å². The Hall–Kier alpha value is 0.250. The van der Waals surface area contributed by atoms with Crippen molar-refractivity contribution in [3.8, 4) is 0 Å². The minimum Gasteiger partial charge on any atom is -0.316 e. The number of rotatable bonds is 8. The van der Waals surface area contributed by atoms with E-state index in [9.17, 15) is 0 Å². The lowest BCUT2D eigenvalue weighted by Crippen LogP contribution is -2.26. The molecule has 0 fully saturated rings. The Morgan fingerprint density at radius 2 is 1.62 bits per heavy atom. The molecule has 0 aliphatic rings. The van der Waals surface area contributed by atoms with Crippen LogP contribution in [0.5, 0.6) is 0 Å². The molecule has 0 aromatic carbocycles. The van der Waals surface area contributed by atoms with E-state index in [0.29, 0.717) is 5.92 Å². The molecule has 2 atom stereocenters. The maximum Gasteiger partial charge on any atom is 0.0226 e. The van der Waals surface area contributed by atoms with E-state index in [2.05, 4.69) is 26.1 Å². The molecule has 13 heavy (non-hydrogen) atoms. The molecular weight excluding hydrogens is 182 g/mol. The Morgan fingerprint density at radius 3 is 2.08 bits per heavy atom. The topological polar surface area (TPSA) is 12.0 Å². The number of hydrogen-bond acceptors (Lipinski definition) is 1. The fourth-order valence-electron chi connectivity index (χ4n) is 1.46. The minimum atomic E-state index is 0.714. The zero-order valence-electron chi connectivity index (χ0n) is 9.28. The van der Waals surface area contributed by atoms with Gasteiger partial charge in [-0.15, -0.1) is 11.6 Å². The molecule has 1 nitrogen and oxygen atoms in total. The largest absolute Gasteiger partial charge is 0.316 e. The van der Waals surface area contributed by atoms with Gasteiger partial charge in [-0.2, -0.15) is 0 Å². The van der Waals surface area contributed by atoms with Gasteiger partial charge in [-0.1, -0.05) is 27.2 Å². The van der Waals surface area contributed by atoms with E-state index in [-0.39, 0.29) is 0 Å². The molecule has 80 valence electrons. The first-order valence-corrected chi connectivity index (χ1v) is 6.00. The van der Waals surface area contributed by atoms with Crippen LogP contribution in [0, 0.1) is 11.8 Å².